The quantitative estimate of drug-likeness (QED) is 0.394. The first-order valence-corrected chi connectivity index (χ1v) is 11.7. The number of hydrogen-bond donors (Lipinski definition) is 3. The van der Waals surface area contributed by atoms with E-state index in [-0.39, 0.29) is 6.04 Å². The van der Waals surface area contributed by atoms with Gasteiger partial charge in [0.1, 0.15) is 34.6 Å². The van der Waals surface area contributed by atoms with Crippen molar-refractivity contribution in [2.75, 3.05) is 12.4 Å². The Morgan fingerprint density at radius 1 is 1.15 bits per heavy atom. The van der Waals surface area contributed by atoms with Crippen LogP contribution >= 0.6 is 0 Å². The van der Waals surface area contributed by atoms with Crippen molar-refractivity contribution in [2.24, 2.45) is 0 Å². The van der Waals surface area contributed by atoms with Crippen molar-refractivity contribution in [1.82, 2.24) is 30.5 Å². The van der Waals surface area contributed by atoms with Crippen molar-refractivity contribution in [3.8, 4) is 16.9 Å². The fourth-order valence-corrected chi connectivity index (χ4v) is 4.91. The maximum Gasteiger partial charge on any atom is 0.145 e. The van der Waals surface area contributed by atoms with Gasteiger partial charge < -0.3 is 19.6 Å². The third kappa shape index (κ3) is 3.14. The van der Waals surface area contributed by atoms with Crippen LogP contribution in [-0.4, -0.2) is 44.3 Å². The molecule has 34 heavy (non-hydrogen) atoms. The molecule has 1 atom stereocenters. The van der Waals surface area contributed by atoms with Crippen LogP contribution < -0.4 is 15.5 Å². The van der Waals surface area contributed by atoms with Crippen LogP contribution in [-0.2, 0) is 0 Å². The van der Waals surface area contributed by atoms with Crippen LogP contribution in [0.5, 0.6) is 5.75 Å². The van der Waals surface area contributed by atoms with Crippen LogP contribution in [0, 0.1) is 20.8 Å². The first kappa shape index (κ1) is 21.0. The molecule has 1 aromatic carbocycles. The molecule has 0 radical (unpaired) electrons. The summed E-state index contributed by atoms with van der Waals surface area (Å²) < 4.78 is 11.2. The molecule has 1 aliphatic carbocycles. The van der Waals surface area contributed by atoms with E-state index in [0.717, 1.165) is 61.9 Å². The van der Waals surface area contributed by atoms with Crippen molar-refractivity contribution in [3.05, 3.63) is 40.8 Å². The van der Waals surface area contributed by atoms with Gasteiger partial charge in [0.05, 0.1) is 23.8 Å². The second-order valence-corrected chi connectivity index (χ2v) is 9.37. The summed E-state index contributed by atoms with van der Waals surface area (Å²) in [5, 5.41) is 12.0. The van der Waals surface area contributed by atoms with Crippen molar-refractivity contribution in [2.45, 2.75) is 59.5 Å². The van der Waals surface area contributed by atoms with Crippen LogP contribution in [0.2, 0.25) is 0 Å². The lowest BCUT2D eigenvalue weighted by Crippen LogP contribution is -2.39. The normalized spacial score (nSPS) is 18.5. The van der Waals surface area contributed by atoms with Crippen molar-refractivity contribution >= 4 is 27.8 Å². The van der Waals surface area contributed by atoms with Crippen LogP contribution in [0.1, 0.15) is 44.0 Å². The van der Waals surface area contributed by atoms with Crippen LogP contribution in [0.3, 0.4) is 0 Å². The highest BCUT2D eigenvalue weighted by Crippen LogP contribution is 2.41. The average molecular weight is 460 g/mol. The SMILES string of the molecule is COc1cc2c(cc1-c1c(C)noc1C)[nH]c1nc(C)nc(NC3=C(C)C(C)NN3C3CC3)c12. The highest BCUT2D eigenvalue weighted by molar-refractivity contribution is 6.13. The molecule has 9 heteroatoms. The molecule has 1 aliphatic heterocycles. The lowest BCUT2D eigenvalue weighted by atomic mass is 10.0. The number of aromatic nitrogens is 4. The number of methoxy groups -OCH3 is 1. The van der Waals surface area contributed by atoms with Crippen LogP contribution in [0.4, 0.5) is 5.82 Å². The molecule has 9 nitrogen and oxygen atoms in total. The standard InChI is InChI=1S/C25H29N7O2/c1-11-12(2)30-32(16-7-8-16)25(11)29-24-22-17-10-20(33-6)18(21-13(3)31-34-14(21)4)9-19(17)28-23(22)26-15(5)27-24/h9-10,12,16,30H,7-8H2,1-6H3,(H2,26,27,28,29). The molecule has 3 aromatic heterocycles. The topological polar surface area (TPSA) is 104 Å². The summed E-state index contributed by atoms with van der Waals surface area (Å²) >= 11 is 0. The van der Waals surface area contributed by atoms with Gasteiger partial charge in [0.2, 0.25) is 0 Å². The van der Waals surface area contributed by atoms with E-state index in [9.17, 15) is 0 Å². The van der Waals surface area contributed by atoms with Gasteiger partial charge in [-0.25, -0.2) is 15.4 Å². The Morgan fingerprint density at radius 2 is 1.94 bits per heavy atom. The van der Waals surface area contributed by atoms with Gasteiger partial charge in [0, 0.05) is 28.6 Å². The minimum atomic E-state index is 0.280. The second-order valence-electron chi connectivity index (χ2n) is 9.37. The molecular weight excluding hydrogens is 430 g/mol. The average Bonchev–Trinajstić information content (AvgIpc) is 3.43. The lowest BCUT2D eigenvalue weighted by Gasteiger charge is -2.23. The zero-order valence-corrected chi connectivity index (χ0v) is 20.3. The summed E-state index contributed by atoms with van der Waals surface area (Å²) in [6.07, 6.45) is 2.40. The number of anilines is 1. The number of aromatic amines is 1. The van der Waals surface area contributed by atoms with Crippen molar-refractivity contribution < 1.29 is 9.26 Å². The van der Waals surface area contributed by atoms with Crippen molar-refractivity contribution in [1.29, 1.82) is 0 Å². The summed E-state index contributed by atoms with van der Waals surface area (Å²) in [5.41, 5.74) is 9.32. The van der Waals surface area contributed by atoms with Gasteiger partial charge in [0.15, 0.2) is 0 Å². The van der Waals surface area contributed by atoms with E-state index in [1.165, 1.54) is 18.4 Å². The van der Waals surface area contributed by atoms with Crippen LogP contribution in [0.15, 0.2) is 28.0 Å². The second kappa shape index (κ2) is 7.46. The van der Waals surface area contributed by atoms with E-state index in [2.05, 4.69) is 51.9 Å². The molecule has 176 valence electrons. The Balaban J connectivity index is 1.54. The molecule has 0 saturated heterocycles. The molecule has 1 saturated carbocycles. The molecule has 6 rings (SSSR count). The van der Waals surface area contributed by atoms with E-state index >= 15 is 0 Å². The molecule has 2 aliphatic rings. The van der Waals surface area contributed by atoms with Gasteiger partial charge in [0.25, 0.3) is 0 Å². The molecule has 0 amide bonds. The zero-order chi connectivity index (χ0) is 23.7. The van der Waals surface area contributed by atoms with Gasteiger partial charge in [-0.2, -0.15) is 0 Å². The third-order valence-corrected chi connectivity index (χ3v) is 6.93. The summed E-state index contributed by atoms with van der Waals surface area (Å²) in [6, 6.07) is 4.94. The Morgan fingerprint density at radius 3 is 2.62 bits per heavy atom. The van der Waals surface area contributed by atoms with Gasteiger partial charge >= 0.3 is 0 Å². The minimum absolute atomic E-state index is 0.280. The van der Waals surface area contributed by atoms with Gasteiger partial charge in [-0.15, -0.1) is 0 Å². The molecular formula is C25H29N7O2. The van der Waals surface area contributed by atoms with Crippen molar-refractivity contribution in [3.63, 3.8) is 0 Å². The number of aryl methyl sites for hydroxylation is 3. The smallest absolute Gasteiger partial charge is 0.145 e. The van der Waals surface area contributed by atoms with E-state index in [0.29, 0.717) is 11.9 Å². The summed E-state index contributed by atoms with van der Waals surface area (Å²) in [7, 11) is 1.69. The Labute approximate surface area is 197 Å². The van der Waals surface area contributed by atoms with Crippen LogP contribution in [0.25, 0.3) is 33.1 Å². The predicted molar refractivity (Wildman–Crippen MR) is 131 cm³/mol. The number of benzene rings is 1. The molecule has 1 unspecified atom stereocenters. The monoisotopic (exact) mass is 459 g/mol. The Bertz CT molecular complexity index is 1460. The first-order valence-electron chi connectivity index (χ1n) is 11.7. The number of H-pyrrole nitrogens is 1. The fourth-order valence-electron chi connectivity index (χ4n) is 4.91. The van der Waals surface area contributed by atoms with E-state index < -0.39 is 0 Å². The molecule has 0 bridgehead atoms. The molecule has 4 aromatic rings. The highest BCUT2D eigenvalue weighted by atomic mass is 16.5. The Kier molecular flexibility index (Phi) is 4.60. The van der Waals surface area contributed by atoms with E-state index in [1.807, 2.05) is 20.8 Å². The number of rotatable bonds is 5. The number of nitrogens with one attached hydrogen (secondary N) is 3. The lowest BCUT2D eigenvalue weighted by molar-refractivity contribution is 0.251. The maximum atomic E-state index is 5.82. The summed E-state index contributed by atoms with van der Waals surface area (Å²) in [6.45, 7) is 10.1. The molecule has 1 fully saturated rings. The molecule has 4 heterocycles. The fraction of sp³-hybridized carbons (Fsp3) is 0.400. The highest BCUT2D eigenvalue weighted by Gasteiger charge is 2.37. The minimum Gasteiger partial charge on any atom is -0.496 e. The number of hydrogen-bond acceptors (Lipinski definition) is 8. The number of fused-ring (bicyclic) bond motifs is 3. The number of nitrogens with zero attached hydrogens (tertiary/aromatic N) is 4. The Hall–Kier alpha value is -3.59. The zero-order valence-electron chi connectivity index (χ0n) is 20.3. The van der Waals surface area contributed by atoms with Gasteiger partial charge in [-0.05, 0) is 65.2 Å². The number of ether oxygens (including phenoxy) is 1. The predicted octanol–water partition coefficient (Wildman–Crippen LogP) is 4.71. The first-order chi connectivity index (χ1) is 16.4. The van der Waals surface area contributed by atoms with Gasteiger partial charge in [-0.3, -0.25) is 5.01 Å². The van der Waals surface area contributed by atoms with E-state index in [4.69, 9.17) is 19.2 Å². The number of hydrazine groups is 1. The summed E-state index contributed by atoms with van der Waals surface area (Å²) in [4.78, 5) is 13.0. The maximum absolute atomic E-state index is 5.82. The van der Waals surface area contributed by atoms with E-state index in [1.54, 1.807) is 7.11 Å². The third-order valence-electron chi connectivity index (χ3n) is 6.93. The molecule has 0 spiro atoms. The summed E-state index contributed by atoms with van der Waals surface area (Å²) in [5.74, 6) is 4.09. The van der Waals surface area contributed by atoms with Gasteiger partial charge in [-0.1, -0.05) is 5.16 Å². The molecule has 3 N–H and O–H groups in total. The largest absolute Gasteiger partial charge is 0.496 e.